The van der Waals surface area contributed by atoms with Crippen LogP contribution in [0.4, 0.5) is 0 Å². The fourth-order valence-corrected chi connectivity index (χ4v) is 6.74. The van der Waals surface area contributed by atoms with Crippen molar-refractivity contribution in [3.63, 3.8) is 0 Å². The summed E-state index contributed by atoms with van der Waals surface area (Å²) >= 11 is 0. The zero-order chi connectivity index (χ0) is 50.7. The van der Waals surface area contributed by atoms with Crippen molar-refractivity contribution in [1.29, 1.82) is 0 Å². The largest absolute Gasteiger partial charge is 0.462 e. The molecule has 1 unspecified atom stereocenters. The Morgan fingerprint density at radius 2 is 0.586 bits per heavy atom. The SMILES string of the molecule is CC/C=C\C/C=C\C/C=C\C/C=C\C/C=C\C/C=C\C/C=C\C/C=C\C/C=C\CCCCCC(=O)OCC(COC(=O)CCCCCCCCCC)OC(=O)CC/C=C\C/C=C\C/C=C\C/C=C\CC. The molecular weight excluding hydrogens is 865 g/mol. The van der Waals surface area contributed by atoms with Crippen molar-refractivity contribution >= 4 is 17.9 Å². The number of esters is 3. The zero-order valence-electron chi connectivity index (χ0n) is 44.5. The van der Waals surface area contributed by atoms with Crippen molar-refractivity contribution < 1.29 is 28.6 Å². The minimum atomic E-state index is -0.833. The quantitative estimate of drug-likeness (QED) is 0.0262. The van der Waals surface area contributed by atoms with Gasteiger partial charge in [-0.1, -0.05) is 230 Å². The standard InChI is InChI=1S/C64H98O6/c1-4-7-10-13-16-19-21-23-24-25-26-27-28-29-30-31-32-33-34-35-36-37-38-39-40-42-43-45-48-51-54-57-63(66)69-60-61(59-68-62(65)56-53-50-47-18-15-12-9-6-3)70-64(67)58-55-52-49-46-44-41-22-20-17-14-11-8-5-2/h7-8,10-11,16-17,19-20,23-24,26-27,29-30,32-33,35-36,38-39,41-44,49,52,61H,4-6,9,12-15,18,21-22,25,28,31,34,37,40,45-48,50-51,53-60H2,1-3H3/b10-7-,11-8-,19-16-,20-17-,24-23-,27-26-,30-29-,33-32-,36-35-,39-38-,43-42-,44-41-,52-49-. The van der Waals surface area contributed by atoms with E-state index in [1.165, 1.54) is 32.1 Å². The molecule has 0 N–H and O–H groups in total. The molecule has 0 rings (SSSR count). The lowest BCUT2D eigenvalue weighted by Crippen LogP contribution is -2.30. The molecule has 0 aliphatic rings. The van der Waals surface area contributed by atoms with Crippen molar-refractivity contribution in [1.82, 2.24) is 0 Å². The Labute approximate surface area is 429 Å². The van der Waals surface area contributed by atoms with E-state index >= 15 is 0 Å². The molecule has 0 saturated carbocycles. The zero-order valence-corrected chi connectivity index (χ0v) is 44.5. The van der Waals surface area contributed by atoms with Gasteiger partial charge in [0.1, 0.15) is 13.2 Å². The van der Waals surface area contributed by atoms with Gasteiger partial charge in [0.15, 0.2) is 6.10 Å². The summed E-state index contributed by atoms with van der Waals surface area (Å²) in [6, 6.07) is 0. The molecule has 0 aliphatic carbocycles. The minimum absolute atomic E-state index is 0.123. The topological polar surface area (TPSA) is 78.9 Å². The maximum Gasteiger partial charge on any atom is 0.306 e. The van der Waals surface area contributed by atoms with Gasteiger partial charge in [0.05, 0.1) is 0 Å². The van der Waals surface area contributed by atoms with Crippen molar-refractivity contribution in [2.24, 2.45) is 0 Å². The summed E-state index contributed by atoms with van der Waals surface area (Å²) in [5.41, 5.74) is 0. The van der Waals surface area contributed by atoms with E-state index in [1.54, 1.807) is 0 Å². The third kappa shape index (κ3) is 54.0. The van der Waals surface area contributed by atoms with E-state index in [4.69, 9.17) is 14.2 Å². The number of carbonyl (C=O) groups excluding carboxylic acids is 3. The van der Waals surface area contributed by atoms with Gasteiger partial charge in [0.2, 0.25) is 0 Å². The molecule has 0 aliphatic heterocycles. The van der Waals surface area contributed by atoms with Gasteiger partial charge < -0.3 is 14.2 Å². The normalized spacial score (nSPS) is 13.4. The third-order valence-corrected chi connectivity index (χ3v) is 10.8. The van der Waals surface area contributed by atoms with E-state index in [0.717, 1.165) is 128 Å². The maximum atomic E-state index is 12.7. The Morgan fingerprint density at radius 1 is 0.300 bits per heavy atom. The number of carbonyl (C=O) groups is 3. The van der Waals surface area contributed by atoms with Crippen molar-refractivity contribution in [2.75, 3.05) is 13.2 Å². The molecule has 70 heavy (non-hydrogen) atoms. The average Bonchev–Trinajstić information content (AvgIpc) is 3.36. The van der Waals surface area contributed by atoms with Crippen LogP contribution in [0.1, 0.15) is 207 Å². The predicted octanol–water partition coefficient (Wildman–Crippen LogP) is 18.6. The van der Waals surface area contributed by atoms with Gasteiger partial charge >= 0.3 is 17.9 Å². The summed E-state index contributed by atoms with van der Waals surface area (Å²) in [5, 5.41) is 0. The van der Waals surface area contributed by atoms with Gasteiger partial charge in [0.25, 0.3) is 0 Å². The highest BCUT2D eigenvalue weighted by Gasteiger charge is 2.19. The number of rotatable bonds is 47. The van der Waals surface area contributed by atoms with Gasteiger partial charge in [-0.15, -0.1) is 0 Å². The molecular formula is C64H98O6. The van der Waals surface area contributed by atoms with Crippen LogP contribution in [0.2, 0.25) is 0 Å². The van der Waals surface area contributed by atoms with Crippen LogP contribution in [-0.4, -0.2) is 37.2 Å². The first-order chi connectivity index (χ1) is 34.5. The second kappa shape index (κ2) is 56.6. The number of ether oxygens (including phenoxy) is 3. The Morgan fingerprint density at radius 3 is 0.929 bits per heavy atom. The molecule has 6 heteroatoms. The summed E-state index contributed by atoms with van der Waals surface area (Å²) < 4.78 is 16.6. The number of unbranched alkanes of at least 4 members (excludes halogenated alkanes) is 10. The second-order valence-electron chi connectivity index (χ2n) is 17.4. The van der Waals surface area contributed by atoms with Gasteiger partial charge in [-0.3, -0.25) is 14.4 Å². The average molecular weight is 963 g/mol. The number of hydrogen-bond donors (Lipinski definition) is 0. The van der Waals surface area contributed by atoms with Crippen LogP contribution in [0.15, 0.2) is 158 Å². The predicted molar refractivity (Wildman–Crippen MR) is 302 cm³/mol. The molecule has 0 radical (unpaired) electrons. The first-order valence-corrected chi connectivity index (χ1v) is 27.5. The van der Waals surface area contributed by atoms with Crippen LogP contribution in [0.3, 0.4) is 0 Å². The van der Waals surface area contributed by atoms with Crippen molar-refractivity contribution in [3.8, 4) is 0 Å². The highest BCUT2D eigenvalue weighted by Crippen LogP contribution is 2.12. The molecule has 0 aromatic rings. The third-order valence-electron chi connectivity index (χ3n) is 10.8. The van der Waals surface area contributed by atoms with E-state index in [2.05, 4.69) is 167 Å². The number of hydrogen-bond acceptors (Lipinski definition) is 6. The summed E-state index contributed by atoms with van der Waals surface area (Å²) in [6.07, 6.45) is 82.7. The molecule has 390 valence electrons. The molecule has 1 atom stereocenters. The van der Waals surface area contributed by atoms with Crippen LogP contribution >= 0.6 is 0 Å². The molecule has 0 fully saturated rings. The van der Waals surface area contributed by atoms with E-state index < -0.39 is 12.1 Å². The minimum Gasteiger partial charge on any atom is -0.462 e. The summed E-state index contributed by atoms with van der Waals surface area (Å²) in [6.45, 7) is 6.25. The van der Waals surface area contributed by atoms with Crippen molar-refractivity contribution in [2.45, 2.75) is 213 Å². The van der Waals surface area contributed by atoms with Crippen molar-refractivity contribution in [3.05, 3.63) is 158 Å². The van der Waals surface area contributed by atoms with Gasteiger partial charge in [-0.25, -0.2) is 0 Å². The first-order valence-electron chi connectivity index (χ1n) is 27.5. The highest BCUT2D eigenvalue weighted by molar-refractivity contribution is 5.71. The fraction of sp³-hybridized carbons (Fsp3) is 0.547. The van der Waals surface area contributed by atoms with E-state index in [-0.39, 0.29) is 31.6 Å². The molecule has 0 aromatic carbocycles. The molecule has 0 aromatic heterocycles. The maximum absolute atomic E-state index is 12.7. The van der Waals surface area contributed by atoms with E-state index in [1.807, 2.05) is 12.2 Å². The lowest BCUT2D eigenvalue weighted by Gasteiger charge is -2.18. The highest BCUT2D eigenvalue weighted by atomic mass is 16.6. The molecule has 6 nitrogen and oxygen atoms in total. The van der Waals surface area contributed by atoms with Crippen LogP contribution in [0.25, 0.3) is 0 Å². The molecule has 0 heterocycles. The molecule has 0 spiro atoms. The van der Waals surface area contributed by atoms with E-state index in [0.29, 0.717) is 19.3 Å². The molecule has 0 amide bonds. The van der Waals surface area contributed by atoms with Gasteiger partial charge in [-0.2, -0.15) is 0 Å². The lowest BCUT2D eigenvalue weighted by atomic mass is 10.1. The fourth-order valence-electron chi connectivity index (χ4n) is 6.74. The second-order valence-corrected chi connectivity index (χ2v) is 17.4. The van der Waals surface area contributed by atoms with Crippen LogP contribution in [0, 0.1) is 0 Å². The Hall–Kier alpha value is -4.97. The first kappa shape index (κ1) is 65.0. The summed E-state index contributed by atoms with van der Waals surface area (Å²) in [5.74, 6) is -1.06. The van der Waals surface area contributed by atoms with Gasteiger partial charge in [-0.05, 0) is 116 Å². The summed E-state index contributed by atoms with van der Waals surface area (Å²) in [4.78, 5) is 37.8. The monoisotopic (exact) mass is 963 g/mol. The van der Waals surface area contributed by atoms with Gasteiger partial charge in [0, 0.05) is 19.3 Å². The number of allylic oxidation sites excluding steroid dienone is 26. The smallest absolute Gasteiger partial charge is 0.306 e. The van der Waals surface area contributed by atoms with Crippen LogP contribution in [0.5, 0.6) is 0 Å². The Kier molecular flexibility index (Phi) is 52.6. The lowest BCUT2D eigenvalue weighted by molar-refractivity contribution is -0.166. The van der Waals surface area contributed by atoms with Crippen LogP contribution in [-0.2, 0) is 28.6 Å². The van der Waals surface area contributed by atoms with Crippen LogP contribution < -0.4 is 0 Å². The molecule has 0 saturated heterocycles. The molecule has 0 bridgehead atoms. The van der Waals surface area contributed by atoms with E-state index in [9.17, 15) is 14.4 Å². The Bertz CT molecular complexity index is 1620. The summed E-state index contributed by atoms with van der Waals surface area (Å²) in [7, 11) is 0. The Balaban J connectivity index is 4.34.